The molecule has 0 fully saturated rings. The Morgan fingerprint density at radius 1 is 0.943 bits per heavy atom. The maximum absolute atomic E-state index is 13.6. The van der Waals surface area contributed by atoms with Crippen LogP contribution in [0.25, 0.3) is 22.2 Å². The number of thiazole rings is 1. The van der Waals surface area contributed by atoms with Gasteiger partial charge in [-0.05, 0) is 36.1 Å². The summed E-state index contributed by atoms with van der Waals surface area (Å²) >= 11 is 0.504. The molecule has 0 spiro atoms. The minimum atomic E-state index is -4.64. The average Bonchev–Trinajstić information content (AvgIpc) is 3.28. The molecule has 3 N–H and O–H groups in total. The second kappa shape index (κ2) is 8.99. The van der Waals surface area contributed by atoms with Gasteiger partial charge in [-0.2, -0.15) is 26.3 Å². The number of alkyl halides is 6. The highest BCUT2D eigenvalue weighted by atomic mass is 32.1. The molecule has 0 unspecified atom stereocenters. The Kier molecular flexibility index (Phi) is 6.34. The van der Waals surface area contributed by atoms with E-state index in [0.717, 1.165) is 5.51 Å². The monoisotopic (exact) mass is 511 g/mol. The lowest BCUT2D eigenvalue weighted by molar-refractivity contribution is -0.137. The first-order chi connectivity index (χ1) is 16.5. The number of nitrogens with one attached hydrogen (secondary N) is 1. The van der Waals surface area contributed by atoms with Crippen molar-refractivity contribution in [2.75, 3.05) is 11.1 Å². The van der Waals surface area contributed by atoms with Crippen molar-refractivity contribution in [3.8, 4) is 11.3 Å². The summed E-state index contributed by atoms with van der Waals surface area (Å²) in [6.45, 7) is 3.34. The van der Waals surface area contributed by atoms with Crippen LogP contribution in [0.1, 0.15) is 35.4 Å². The number of nitrogens with zero attached hydrogens (tertiary/aromatic N) is 3. The maximum atomic E-state index is 13.6. The molecule has 0 radical (unpaired) electrons. The van der Waals surface area contributed by atoms with Gasteiger partial charge in [0.25, 0.3) is 0 Å². The topological polar surface area (TPSA) is 76.7 Å². The zero-order valence-electron chi connectivity index (χ0n) is 18.5. The van der Waals surface area contributed by atoms with E-state index < -0.39 is 28.6 Å². The highest BCUT2D eigenvalue weighted by Gasteiger charge is 2.38. The highest BCUT2D eigenvalue weighted by Crippen LogP contribution is 2.42. The van der Waals surface area contributed by atoms with Crippen molar-refractivity contribution >= 4 is 39.6 Å². The number of rotatable bonds is 5. The molecular formula is C23H19F6N5S. The summed E-state index contributed by atoms with van der Waals surface area (Å²) < 4.78 is 80.8. The van der Waals surface area contributed by atoms with Crippen molar-refractivity contribution in [3.05, 3.63) is 57.5 Å². The number of nitrogen functional groups attached to an aromatic ring is 1. The van der Waals surface area contributed by atoms with Crippen molar-refractivity contribution in [2.24, 2.45) is 0 Å². The predicted octanol–water partition coefficient (Wildman–Crippen LogP) is 7.24. The predicted molar refractivity (Wildman–Crippen MR) is 124 cm³/mol. The Labute approximate surface area is 200 Å². The van der Waals surface area contributed by atoms with E-state index in [2.05, 4.69) is 20.3 Å². The third-order valence-corrected chi connectivity index (χ3v) is 6.40. The maximum Gasteiger partial charge on any atom is 0.427 e. The molecular weight excluding hydrogens is 492 g/mol. The van der Waals surface area contributed by atoms with Crippen molar-refractivity contribution in [3.63, 3.8) is 0 Å². The minimum Gasteiger partial charge on any atom is -0.383 e. The minimum absolute atomic E-state index is 0.0684. The third-order valence-electron chi connectivity index (χ3n) is 5.53. The number of pyridine rings is 2. The first-order valence-corrected chi connectivity index (χ1v) is 11.4. The van der Waals surface area contributed by atoms with E-state index in [4.69, 9.17) is 5.73 Å². The molecule has 4 aromatic rings. The number of halogens is 6. The Hall–Kier alpha value is -3.41. The summed E-state index contributed by atoms with van der Waals surface area (Å²) in [6.07, 6.45) is -7.35. The van der Waals surface area contributed by atoms with Crippen molar-refractivity contribution in [1.29, 1.82) is 0 Å². The van der Waals surface area contributed by atoms with Gasteiger partial charge in [0.1, 0.15) is 22.1 Å². The Morgan fingerprint density at radius 2 is 1.66 bits per heavy atom. The molecule has 1 aromatic carbocycles. The molecule has 0 saturated carbocycles. The van der Waals surface area contributed by atoms with Crippen LogP contribution in [0.5, 0.6) is 0 Å². The second-order valence-electron chi connectivity index (χ2n) is 7.63. The molecule has 0 aliphatic heterocycles. The van der Waals surface area contributed by atoms with E-state index in [1.54, 1.807) is 26.0 Å². The van der Waals surface area contributed by atoms with Gasteiger partial charge >= 0.3 is 12.4 Å². The number of hydrogen-bond donors (Lipinski definition) is 2. The molecule has 0 aliphatic rings. The zero-order chi connectivity index (χ0) is 25.5. The number of hydrogen-bond acceptors (Lipinski definition) is 6. The van der Waals surface area contributed by atoms with Crippen LogP contribution in [0.4, 0.5) is 43.7 Å². The fourth-order valence-electron chi connectivity index (χ4n) is 4.07. The van der Waals surface area contributed by atoms with Crippen LogP contribution in [-0.2, 0) is 25.2 Å². The largest absolute Gasteiger partial charge is 0.427 e. The summed E-state index contributed by atoms with van der Waals surface area (Å²) in [5.74, 6) is -0.441. The summed E-state index contributed by atoms with van der Waals surface area (Å²) in [5.41, 5.74) is 7.26. The molecule has 12 heteroatoms. The van der Waals surface area contributed by atoms with Gasteiger partial charge in [0, 0.05) is 17.1 Å². The van der Waals surface area contributed by atoms with Gasteiger partial charge in [-0.25, -0.2) is 9.97 Å². The van der Waals surface area contributed by atoms with Crippen LogP contribution >= 0.6 is 11.3 Å². The Balaban J connectivity index is 1.80. The van der Waals surface area contributed by atoms with Gasteiger partial charge < -0.3 is 11.1 Å². The number of anilines is 3. The smallest absolute Gasteiger partial charge is 0.383 e. The third kappa shape index (κ3) is 4.62. The standard InChI is InChI=1S/C23H19F6N5S/c1-3-12-13(4-2)21(34-20(30)17(12)22(24,25)26)33-15-7-8-31-16-9-11(5-6-14(15)16)18-19(23(27,28)29)35-10-32-18/h5-10H,3-4H2,1-2H3,(H3,30,31,33,34). The van der Waals surface area contributed by atoms with Gasteiger partial charge in [0.2, 0.25) is 0 Å². The van der Waals surface area contributed by atoms with Crippen LogP contribution < -0.4 is 11.1 Å². The molecule has 0 bridgehead atoms. The van der Waals surface area contributed by atoms with Gasteiger partial charge in [0.15, 0.2) is 0 Å². The number of nitrogens with two attached hydrogens (primary N) is 1. The second-order valence-corrected chi connectivity index (χ2v) is 8.48. The summed E-state index contributed by atoms with van der Waals surface area (Å²) in [7, 11) is 0. The number of fused-ring (bicyclic) bond motifs is 1. The van der Waals surface area contributed by atoms with E-state index >= 15 is 0 Å². The van der Waals surface area contributed by atoms with E-state index in [-0.39, 0.29) is 35.5 Å². The van der Waals surface area contributed by atoms with Crippen molar-refractivity contribution in [2.45, 2.75) is 39.0 Å². The molecule has 3 heterocycles. The molecule has 3 aromatic heterocycles. The fourth-order valence-corrected chi connectivity index (χ4v) is 4.75. The van der Waals surface area contributed by atoms with Crippen LogP contribution in [-0.4, -0.2) is 15.0 Å². The summed E-state index contributed by atoms with van der Waals surface area (Å²) in [4.78, 5) is 11.3. The van der Waals surface area contributed by atoms with Gasteiger partial charge in [-0.3, -0.25) is 4.98 Å². The van der Waals surface area contributed by atoms with Gasteiger partial charge in [-0.15, -0.1) is 11.3 Å². The van der Waals surface area contributed by atoms with Crippen LogP contribution in [0.3, 0.4) is 0 Å². The molecule has 184 valence electrons. The van der Waals surface area contributed by atoms with Crippen LogP contribution in [0, 0.1) is 0 Å². The normalized spacial score (nSPS) is 12.3. The summed E-state index contributed by atoms with van der Waals surface area (Å²) in [5, 5.41) is 3.60. The molecule has 4 rings (SSSR count). The van der Waals surface area contributed by atoms with Crippen LogP contribution in [0.15, 0.2) is 36.0 Å². The molecule has 0 amide bonds. The van der Waals surface area contributed by atoms with Gasteiger partial charge in [-0.1, -0.05) is 26.0 Å². The number of benzene rings is 1. The number of aromatic nitrogens is 3. The lowest BCUT2D eigenvalue weighted by atomic mass is 9.97. The zero-order valence-corrected chi connectivity index (χ0v) is 19.3. The summed E-state index contributed by atoms with van der Waals surface area (Å²) in [6, 6.07) is 6.16. The van der Waals surface area contributed by atoms with Crippen LogP contribution in [0.2, 0.25) is 0 Å². The van der Waals surface area contributed by atoms with E-state index in [9.17, 15) is 26.3 Å². The first-order valence-electron chi connectivity index (χ1n) is 10.5. The molecule has 0 saturated heterocycles. The Bertz CT molecular complexity index is 1390. The van der Waals surface area contributed by atoms with E-state index in [1.165, 1.54) is 18.3 Å². The lowest BCUT2D eigenvalue weighted by Gasteiger charge is -2.21. The molecule has 0 atom stereocenters. The lowest BCUT2D eigenvalue weighted by Crippen LogP contribution is -2.17. The van der Waals surface area contributed by atoms with Gasteiger partial charge in [0.05, 0.1) is 22.4 Å². The van der Waals surface area contributed by atoms with Crippen molar-refractivity contribution < 1.29 is 26.3 Å². The molecule has 5 nitrogen and oxygen atoms in total. The van der Waals surface area contributed by atoms with Crippen molar-refractivity contribution in [1.82, 2.24) is 15.0 Å². The average molecular weight is 511 g/mol. The van der Waals surface area contributed by atoms with E-state index in [1.807, 2.05) is 0 Å². The highest BCUT2D eigenvalue weighted by molar-refractivity contribution is 7.10. The molecule has 35 heavy (non-hydrogen) atoms. The SMILES string of the molecule is CCc1c(Nc2ccnc3cc(-c4ncsc4C(F)(F)F)ccc23)nc(N)c(C(F)(F)F)c1CC. The quantitative estimate of drug-likeness (QED) is 0.276. The Morgan fingerprint density at radius 3 is 2.29 bits per heavy atom. The first kappa shape index (κ1) is 24.7. The fraction of sp³-hybridized carbons (Fsp3) is 0.261. The molecule has 0 aliphatic carbocycles. The van der Waals surface area contributed by atoms with E-state index in [0.29, 0.717) is 33.5 Å².